The average Bonchev–Trinajstić information content (AvgIpc) is 3.10. The van der Waals surface area contributed by atoms with Gasteiger partial charge in [-0.2, -0.15) is 4.98 Å². The first-order valence-corrected chi connectivity index (χ1v) is 8.15. The molecule has 26 heavy (non-hydrogen) atoms. The first-order chi connectivity index (χ1) is 12.6. The number of anilines is 1. The van der Waals surface area contributed by atoms with Crippen molar-refractivity contribution in [3.05, 3.63) is 69.1 Å². The Balaban J connectivity index is 1.66. The van der Waals surface area contributed by atoms with Crippen molar-refractivity contribution in [3.63, 3.8) is 0 Å². The Labute approximate surface area is 153 Å². The highest BCUT2D eigenvalue weighted by molar-refractivity contribution is 6.30. The maximum atomic E-state index is 11.1. The van der Waals surface area contributed by atoms with E-state index < -0.39 is 4.92 Å². The summed E-state index contributed by atoms with van der Waals surface area (Å²) in [6.07, 6.45) is 0.383. The molecule has 0 saturated carbocycles. The lowest BCUT2D eigenvalue weighted by atomic mass is 10.2. The van der Waals surface area contributed by atoms with Crippen LogP contribution < -0.4 is 5.32 Å². The molecule has 0 atom stereocenters. The number of hydrogen-bond acceptors (Lipinski definition) is 7. The molecule has 0 saturated heterocycles. The maximum absolute atomic E-state index is 11.1. The van der Waals surface area contributed by atoms with Gasteiger partial charge in [0.25, 0.3) is 5.69 Å². The van der Waals surface area contributed by atoms with Crippen molar-refractivity contribution >= 4 is 23.0 Å². The number of aliphatic hydroxyl groups excluding tert-OH is 1. The first-order valence-electron chi connectivity index (χ1n) is 7.77. The van der Waals surface area contributed by atoms with Crippen LogP contribution in [-0.2, 0) is 13.0 Å². The summed E-state index contributed by atoms with van der Waals surface area (Å²) in [6, 6.07) is 11.5. The summed E-state index contributed by atoms with van der Waals surface area (Å²) in [4.78, 5) is 14.9. The number of nitrogens with one attached hydrogen (secondary N) is 1. The number of halogens is 1. The predicted molar refractivity (Wildman–Crippen MR) is 96.0 cm³/mol. The van der Waals surface area contributed by atoms with E-state index in [4.69, 9.17) is 16.1 Å². The topological polar surface area (TPSA) is 114 Å². The SMILES string of the molecule is O=[N+]([O-])c1ccc(CO)cc1NCCc1nc(-c2cccc(Cl)c2)no1. The molecule has 0 amide bonds. The van der Waals surface area contributed by atoms with Gasteiger partial charge in [0, 0.05) is 29.6 Å². The highest BCUT2D eigenvalue weighted by Gasteiger charge is 2.14. The summed E-state index contributed by atoms with van der Waals surface area (Å²) in [5.41, 5.74) is 1.59. The van der Waals surface area contributed by atoms with Gasteiger partial charge in [0.1, 0.15) is 5.69 Å². The van der Waals surface area contributed by atoms with Gasteiger partial charge in [-0.05, 0) is 29.8 Å². The fourth-order valence-electron chi connectivity index (χ4n) is 2.39. The molecule has 1 aromatic heterocycles. The van der Waals surface area contributed by atoms with Crippen LogP contribution in [0, 0.1) is 10.1 Å². The molecule has 134 valence electrons. The van der Waals surface area contributed by atoms with Crippen molar-refractivity contribution in [1.29, 1.82) is 0 Å². The zero-order valence-corrected chi connectivity index (χ0v) is 14.3. The van der Waals surface area contributed by atoms with Crippen LogP contribution in [0.3, 0.4) is 0 Å². The van der Waals surface area contributed by atoms with E-state index >= 15 is 0 Å². The second-order valence-corrected chi connectivity index (χ2v) is 5.90. The molecular weight excluding hydrogens is 360 g/mol. The Hall–Kier alpha value is -2.97. The molecule has 0 fully saturated rings. The van der Waals surface area contributed by atoms with Gasteiger partial charge in [-0.1, -0.05) is 28.9 Å². The molecule has 3 aromatic rings. The van der Waals surface area contributed by atoms with E-state index in [1.54, 1.807) is 24.3 Å². The van der Waals surface area contributed by atoms with Gasteiger partial charge in [-0.3, -0.25) is 10.1 Å². The van der Waals surface area contributed by atoms with Crippen LogP contribution in [0.2, 0.25) is 5.02 Å². The summed E-state index contributed by atoms with van der Waals surface area (Å²) in [5, 5.41) is 27.7. The molecule has 0 aliphatic rings. The average molecular weight is 375 g/mol. The minimum atomic E-state index is -0.479. The summed E-state index contributed by atoms with van der Waals surface area (Å²) >= 11 is 5.95. The maximum Gasteiger partial charge on any atom is 0.292 e. The standard InChI is InChI=1S/C17H15ClN4O4/c18-13-3-1-2-12(9-13)17-20-16(26-21-17)6-7-19-14-8-11(10-23)4-5-15(14)22(24)25/h1-5,8-9,19,23H,6-7,10H2. The summed E-state index contributed by atoms with van der Waals surface area (Å²) < 4.78 is 5.20. The second-order valence-electron chi connectivity index (χ2n) is 5.47. The van der Waals surface area contributed by atoms with Gasteiger partial charge >= 0.3 is 0 Å². The smallest absolute Gasteiger partial charge is 0.292 e. The van der Waals surface area contributed by atoms with Crippen molar-refractivity contribution in [1.82, 2.24) is 10.1 Å². The quantitative estimate of drug-likeness (QED) is 0.480. The molecule has 9 heteroatoms. The number of aliphatic hydroxyl groups is 1. The largest absolute Gasteiger partial charge is 0.392 e. The van der Waals surface area contributed by atoms with Crippen molar-refractivity contribution in [2.24, 2.45) is 0 Å². The van der Waals surface area contributed by atoms with Crippen LogP contribution in [0.4, 0.5) is 11.4 Å². The number of nitrogens with zero attached hydrogens (tertiary/aromatic N) is 3. The lowest BCUT2D eigenvalue weighted by molar-refractivity contribution is -0.384. The zero-order chi connectivity index (χ0) is 18.5. The highest BCUT2D eigenvalue weighted by atomic mass is 35.5. The third-order valence-electron chi connectivity index (χ3n) is 3.65. The van der Waals surface area contributed by atoms with Crippen LogP contribution in [-0.4, -0.2) is 26.7 Å². The molecule has 0 aliphatic carbocycles. The number of nitro groups is 1. The van der Waals surface area contributed by atoms with E-state index in [-0.39, 0.29) is 12.3 Å². The van der Waals surface area contributed by atoms with E-state index in [9.17, 15) is 15.2 Å². The minimum Gasteiger partial charge on any atom is -0.392 e. The highest BCUT2D eigenvalue weighted by Crippen LogP contribution is 2.25. The normalized spacial score (nSPS) is 10.7. The molecule has 3 rings (SSSR count). The first kappa shape index (κ1) is 17.8. The van der Waals surface area contributed by atoms with Gasteiger partial charge in [0.15, 0.2) is 0 Å². The van der Waals surface area contributed by atoms with Crippen LogP contribution in [0.1, 0.15) is 11.5 Å². The number of nitro benzene ring substituents is 1. The zero-order valence-electron chi connectivity index (χ0n) is 13.6. The van der Waals surface area contributed by atoms with Crippen LogP contribution in [0.25, 0.3) is 11.4 Å². The molecule has 0 unspecified atom stereocenters. The molecule has 0 bridgehead atoms. The van der Waals surface area contributed by atoms with Gasteiger partial charge < -0.3 is 14.9 Å². The third kappa shape index (κ3) is 4.16. The summed E-state index contributed by atoms with van der Waals surface area (Å²) in [7, 11) is 0. The van der Waals surface area contributed by atoms with Crippen LogP contribution in [0.15, 0.2) is 47.0 Å². The lowest BCUT2D eigenvalue weighted by Crippen LogP contribution is -2.07. The third-order valence-corrected chi connectivity index (χ3v) is 3.88. The monoisotopic (exact) mass is 374 g/mol. The predicted octanol–water partition coefficient (Wildman–Crippen LogP) is 3.45. The Kier molecular flexibility index (Phi) is 5.45. The number of benzene rings is 2. The van der Waals surface area contributed by atoms with Crippen molar-refractivity contribution < 1.29 is 14.6 Å². The van der Waals surface area contributed by atoms with Gasteiger partial charge in [-0.15, -0.1) is 0 Å². The summed E-state index contributed by atoms with van der Waals surface area (Å²) in [6.45, 7) is 0.159. The van der Waals surface area contributed by atoms with E-state index in [0.717, 1.165) is 5.56 Å². The number of rotatable bonds is 7. The molecule has 2 aromatic carbocycles. The van der Waals surface area contributed by atoms with Crippen molar-refractivity contribution in [2.45, 2.75) is 13.0 Å². The molecule has 0 radical (unpaired) electrons. The van der Waals surface area contributed by atoms with Crippen LogP contribution >= 0.6 is 11.6 Å². The van der Waals surface area contributed by atoms with E-state index in [0.29, 0.717) is 41.0 Å². The van der Waals surface area contributed by atoms with Gasteiger partial charge in [0.05, 0.1) is 11.5 Å². The Morgan fingerprint density at radius 3 is 2.85 bits per heavy atom. The fourth-order valence-corrected chi connectivity index (χ4v) is 2.58. The Morgan fingerprint density at radius 2 is 2.12 bits per heavy atom. The number of hydrogen-bond donors (Lipinski definition) is 2. The molecule has 0 spiro atoms. The second kappa shape index (κ2) is 7.94. The lowest BCUT2D eigenvalue weighted by Gasteiger charge is -2.07. The molecule has 2 N–H and O–H groups in total. The van der Waals surface area contributed by atoms with Crippen LogP contribution in [0.5, 0.6) is 0 Å². The van der Waals surface area contributed by atoms with Crippen molar-refractivity contribution in [3.8, 4) is 11.4 Å². The Bertz CT molecular complexity index is 929. The molecule has 8 nitrogen and oxygen atoms in total. The van der Waals surface area contributed by atoms with E-state index in [2.05, 4.69) is 15.5 Å². The molecule has 1 heterocycles. The van der Waals surface area contributed by atoms with Crippen molar-refractivity contribution in [2.75, 3.05) is 11.9 Å². The molecule has 0 aliphatic heterocycles. The van der Waals surface area contributed by atoms with E-state index in [1.165, 1.54) is 12.1 Å². The summed E-state index contributed by atoms with van der Waals surface area (Å²) in [5.74, 6) is 0.823. The fraction of sp³-hybridized carbons (Fsp3) is 0.176. The van der Waals surface area contributed by atoms with Gasteiger partial charge in [-0.25, -0.2) is 0 Å². The Morgan fingerprint density at radius 1 is 1.27 bits per heavy atom. The molecular formula is C17H15ClN4O4. The number of aromatic nitrogens is 2. The van der Waals surface area contributed by atoms with E-state index in [1.807, 2.05) is 6.07 Å². The minimum absolute atomic E-state index is 0.0626. The van der Waals surface area contributed by atoms with Gasteiger partial charge in [0.2, 0.25) is 11.7 Å².